The largest absolute Gasteiger partial charge is 0.484 e. The van der Waals surface area contributed by atoms with E-state index in [1.807, 2.05) is 0 Å². The first kappa shape index (κ1) is 9.31. The molecule has 0 amide bonds. The Kier molecular flexibility index (Phi) is 3.34. The Labute approximate surface area is 71.7 Å². The number of hydrogen-bond acceptors (Lipinski definition) is 4. The lowest BCUT2D eigenvalue weighted by Gasteiger charge is -2.06. The molecule has 1 aliphatic carbocycles. The van der Waals surface area contributed by atoms with Gasteiger partial charge in [0.05, 0.1) is 0 Å². The first-order valence-corrected chi connectivity index (χ1v) is 3.77. The van der Waals surface area contributed by atoms with E-state index in [0.29, 0.717) is 18.6 Å². The lowest BCUT2D eigenvalue weighted by Crippen LogP contribution is -2.15. The zero-order valence-electron chi connectivity index (χ0n) is 6.95. The zero-order valence-corrected chi connectivity index (χ0v) is 6.95. The van der Waals surface area contributed by atoms with Crippen molar-refractivity contribution in [2.45, 2.75) is 6.42 Å². The van der Waals surface area contributed by atoms with Gasteiger partial charge in [-0.15, -0.1) is 0 Å². The SMILES string of the molecule is CNCOC1=CC=C(B(O)O)C1. The van der Waals surface area contributed by atoms with Gasteiger partial charge in [-0.3, -0.25) is 5.32 Å². The van der Waals surface area contributed by atoms with E-state index in [0.717, 1.165) is 5.76 Å². The monoisotopic (exact) mass is 169 g/mol. The van der Waals surface area contributed by atoms with Crippen molar-refractivity contribution in [3.05, 3.63) is 23.4 Å². The second-order valence-corrected chi connectivity index (χ2v) is 2.57. The Balaban J connectivity index is 2.30. The van der Waals surface area contributed by atoms with Gasteiger partial charge in [0, 0.05) is 6.42 Å². The van der Waals surface area contributed by atoms with Crippen LogP contribution < -0.4 is 5.32 Å². The highest BCUT2D eigenvalue weighted by atomic mass is 16.5. The summed E-state index contributed by atoms with van der Waals surface area (Å²) in [6.45, 7) is 0.439. The van der Waals surface area contributed by atoms with Gasteiger partial charge in [-0.2, -0.15) is 0 Å². The molecular formula is C7H12BNO3. The van der Waals surface area contributed by atoms with Gasteiger partial charge >= 0.3 is 7.12 Å². The Hall–Kier alpha value is -0.775. The lowest BCUT2D eigenvalue weighted by molar-refractivity contribution is 0.192. The van der Waals surface area contributed by atoms with Crippen molar-refractivity contribution in [1.29, 1.82) is 0 Å². The Morgan fingerprint density at radius 3 is 2.83 bits per heavy atom. The van der Waals surface area contributed by atoms with Crippen molar-refractivity contribution in [3.8, 4) is 0 Å². The van der Waals surface area contributed by atoms with Crippen molar-refractivity contribution in [3.63, 3.8) is 0 Å². The van der Waals surface area contributed by atoms with Crippen molar-refractivity contribution in [2.75, 3.05) is 13.8 Å². The number of rotatable bonds is 4. The predicted octanol–water partition coefficient (Wildman–Crippen LogP) is -0.594. The van der Waals surface area contributed by atoms with Gasteiger partial charge in [-0.25, -0.2) is 0 Å². The minimum atomic E-state index is -1.36. The molecule has 0 bridgehead atoms. The molecule has 12 heavy (non-hydrogen) atoms. The quantitative estimate of drug-likeness (QED) is 0.388. The van der Waals surface area contributed by atoms with E-state index in [1.165, 1.54) is 0 Å². The average Bonchev–Trinajstić information content (AvgIpc) is 2.48. The molecule has 1 rings (SSSR count). The normalized spacial score (nSPS) is 15.6. The van der Waals surface area contributed by atoms with Crippen LogP contribution in [0, 0.1) is 0 Å². The maximum absolute atomic E-state index is 8.78. The summed E-state index contributed by atoms with van der Waals surface area (Å²) in [6, 6.07) is 0. The molecule has 0 heterocycles. The van der Waals surface area contributed by atoms with Crippen LogP contribution in [0.4, 0.5) is 0 Å². The third kappa shape index (κ3) is 2.37. The molecule has 1 aliphatic rings. The summed E-state index contributed by atoms with van der Waals surface area (Å²) < 4.78 is 5.21. The van der Waals surface area contributed by atoms with Gasteiger partial charge in [0.2, 0.25) is 0 Å². The fourth-order valence-corrected chi connectivity index (χ4v) is 0.960. The summed E-state index contributed by atoms with van der Waals surface area (Å²) in [6.07, 6.45) is 3.89. The highest BCUT2D eigenvalue weighted by Crippen LogP contribution is 2.19. The molecular weight excluding hydrogens is 157 g/mol. The van der Waals surface area contributed by atoms with E-state index in [-0.39, 0.29) is 0 Å². The molecule has 0 unspecified atom stereocenters. The predicted molar refractivity (Wildman–Crippen MR) is 46.0 cm³/mol. The van der Waals surface area contributed by atoms with Gasteiger partial charge in [-0.1, -0.05) is 6.08 Å². The van der Waals surface area contributed by atoms with Crippen LogP contribution >= 0.6 is 0 Å². The highest BCUT2D eigenvalue weighted by Gasteiger charge is 2.19. The van der Waals surface area contributed by atoms with Crippen LogP contribution in [0.15, 0.2) is 23.4 Å². The van der Waals surface area contributed by atoms with Gasteiger partial charge in [-0.05, 0) is 18.6 Å². The molecule has 0 aromatic carbocycles. The average molecular weight is 169 g/mol. The highest BCUT2D eigenvalue weighted by molar-refractivity contribution is 6.51. The number of allylic oxidation sites excluding steroid dienone is 3. The topological polar surface area (TPSA) is 61.7 Å². The van der Waals surface area contributed by atoms with Gasteiger partial charge in [0.25, 0.3) is 0 Å². The molecule has 0 fully saturated rings. The molecule has 0 atom stereocenters. The molecule has 0 aromatic rings. The standard InChI is InChI=1S/C7H12BNO3/c1-9-5-12-7-3-2-6(4-7)8(10)11/h2-3,9-11H,4-5H2,1H3. The maximum Gasteiger partial charge on any atom is 0.484 e. The number of nitrogens with one attached hydrogen (secondary N) is 1. The Morgan fingerprint density at radius 2 is 2.33 bits per heavy atom. The first-order valence-electron chi connectivity index (χ1n) is 3.77. The third-order valence-corrected chi connectivity index (χ3v) is 1.60. The molecule has 0 radical (unpaired) electrons. The Morgan fingerprint density at radius 1 is 1.58 bits per heavy atom. The number of hydrogen-bond donors (Lipinski definition) is 3. The van der Waals surface area contributed by atoms with Crippen LogP contribution in [0.5, 0.6) is 0 Å². The summed E-state index contributed by atoms with van der Waals surface area (Å²) in [5, 5.41) is 20.4. The van der Waals surface area contributed by atoms with E-state index in [9.17, 15) is 0 Å². The third-order valence-electron chi connectivity index (χ3n) is 1.60. The second kappa shape index (κ2) is 4.30. The summed E-state index contributed by atoms with van der Waals surface area (Å²) >= 11 is 0. The summed E-state index contributed by atoms with van der Waals surface area (Å²) in [5.41, 5.74) is 0.570. The summed E-state index contributed by atoms with van der Waals surface area (Å²) in [4.78, 5) is 0. The number of ether oxygens (including phenoxy) is 1. The van der Waals surface area contributed by atoms with Crippen LogP contribution in [0.25, 0.3) is 0 Å². The van der Waals surface area contributed by atoms with Crippen LogP contribution in [-0.4, -0.2) is 30.9 Å². The summed E-state index contributed by atoms with van der Waals surface area (Å²) in [7, 11) is 0.419. The van der Waals surface area contributed by atoms with E-state index < -0.39 is 7.12 Å². The van der Waals surface area contributed by atoms with E-state index in [2.05, 4.69) is 5.32 Å². The van der Waals surface area contributed by atoms with Gasteiger partial charge in [0.15, 0.2) is 0 Å². The van der Waals surface area contributed by atoms with E-state index in [1.54, 1.807) is 19.2 Å². The van der Waals surface area contributed by atoms with E-state index >= 15 is 0 Å². The molecule has 0 saturated carbocycles. The van der Waals surface area contributed by atoms with E-state index in [4.69, 9.17) is 14.8 Å². The fourth-order valence-electron chi connectivity index (χ4n) is 0.960. The fraction of sp³-hybridized carbons (Fsp3) is 0.429. The van der Waals surface area contributed by atoms with Crippen molar-refractivity contribution < 1.29 is 14.8 Å². The molecule has 0 saturated heterocycles. The zero-order chi connectivity index (χ0) is 8.97. The van der Waals surface area contributed by atoms with Gasteiger partial charge < -0.3 is 14.8 Å². The molecule has 3 N–H and O–H groups in total. The van der Waals surface area contributed by atoms with Gasteiger partial charge in [0.1, 0.15) is 12.5 Å². The molecule has 0 aliphatic heterocycles. The van der Waals surface area contributed by atoms with Crippen molar-refractivity contribution in [2.24, 2.45) is 0 Å². The van der Waals surface area contributed by atoms with Crippen LogP contribution in [0.2, 0.25) is 0 Å². The molecule has 0 spiro atoms. The minimum absolute atomic E-state index is 0.439. The van der Waals surface area contributed by atoms with Crippen LogP contribution in [-0.2, 0) is 4.74 Å². The molecule has 0 aromatic heterocycles. The lowest BCUT2D eigenvalue weighted by atomic mass is 9.79. The summed E-state index contributed by atoms with van der Waals surface area (Å²) in [5.74, 6) is 0.757. The maximum atomic E-state index is 8.78. The Bertz CT molecular complexity index is 213. The van der Waals surface area contributed by atoms with Crippen LogP contribution in [0.1, 0.15) is 6.42 Å². The first-order chi connectivity index (χ1) is 5.74. The van der Waals surface area contributed by atoms with Crippen molar-refractivity contribution in [1.82, 2.24) is 5.32 Å². The van der Waals surface area contributed by atoms with Crippen LogP contribution in [0.3, 0.4) is 0 Å². The minimum Gasteiger partial charge on any atom is -0.482 e. The second-order valence-electron chi connectivity index (χ2n) is 2.57. The molecule has 5 heteroatoms. The smallest absolute Gasteiger partial charge is 0.482 e. The molecule has 4 nitrogen and oxygen atoms in total. The van der Waals surface area contributed by atoms with Crippen molar-refractivity contribution >= 4 is 7.12 Å². The molecule has 66 valence electrons.